The van der Waals surface area contributed by atoms with Crippen LogP contribution in [0.1, 0.15) is 57.2 Å². The fraction of sp³-hybridized carbons (Fsp3) is 0.188. The third-order valence-electron chi connectivity index (χ3n) is 10.0. The Labute approximate surface area is 304 Å². The van der Waals surface area contributed by atoms with E-state index in [9.17, 15) is 5.26 Å². The number of fused-ring (bicyclic) bond motifs is 3. The summed E-state index contributed by atoms with van der Waals surface area (Å²) in [6.07, 6.45) is 19.2. The number of nitrogens with zero attached hydrogens (tertiary/aromatic N) is 3. The van der Waals surface area contributed by atoms with E-state index in [0.29, 0.717) is 5.57 Å². The summed E-state index contributed by atoms with van der Waals surface area (Å²) < 4.78 is 0. The highest BCUT2D eigenvalue weighted by Crippen LogP contribution is 2.50. The van der Waals surface area contributed by atoms with E-state index in [-0.39, 0.29) is 11.6 Å². The molecular weight excluding hydrogens is 619 g/mol. The Hall–Kier alpha value is -5.85. The molecule has 0 radical (unpaired) electrons. The molecule has 3 heteroatoms. The first-order valence-corrected chi connectivity index (χ1v) is 18.0. The van der Waals surface area contributed by atoms with Crippen molar-refractivity contribution in [3.8, 4) is 6.07 Å². The number of anilines is 4. The van der Waals surface area contributed by atoms with Crippen molar-refractivity contribution in [1.82, 2.24) is 0 Å². The summed E-state index contributed by atoms with van der Waals surface area (Å²) >= 11 is 0. The van der Waals surface area contributed by atoms with Crippen LogP contribution in [0.5, 0.6) is 0 Å². The highest BCUT2D eigenvalue weighted by atomic mass is 15.2. The molecule has 0 spiro atoms. The maximum atomic E-state index is 9.36. The third kappa shape index (κ3) is 6.96. The summed E-state index contributed by atoms with van der Waals surface area (Å²) in [5, 5.41) is 9.36. The summed E-state index contributed by atoms with van der Waals surface area (Å²) in [6, 6.07) is 39.3. The molecule has 254 valence electrons. The second kappa shape index (κ2) is 15.4. The van der Waals surface area contributed by atoms with Gasteiger partial charge in [0.2, 0.25) is 0 Å². The molecule has 1 heterocycles. The molecule has 51 heavy (non-hydrogen) atoms. The van der Waals surface area contributed by atoms with Crippen LogP contribution in [0.3, 0.4) is 0 Å². The molecule has 2 aliphatic carbocycles. The van der Waals surface area contributed by atoms with Gasteiger partial charge in [-0.3, -0.25) is 0 Å². The number of rotatable bonds is 8. The van der Waals surface area contributed by atoms with Crippen molar-refractivity contribution in [2.75, 3.05) is 9.80 Å². The number of hydrogen-bond donors (Lipinski definition) is 0. The normalized spacial score (nSPS) is 19.3. The van der Waals surface area contributed by atoms with Crippen molar-refractivity contribution in [2.45, 2.75) is 59.0 Å². The van der Waals surface area contributed by atoms with Gasteiger partial charge in [0.05, 0.1) is 23.2 Å². The lowest BCUT2D eigenvalue weighted by atomic mass is 9.82. The van der Waals surface area contributed by atoms with Gasteiger partial charge in [-0.1, -0.05) is 118 Å². The Kier molecular flexibility index (Phi) is 10.5. The van der Waals surface area contributed by atoms with Gasteiger partial charge in [0.25, 0.3) is 0 Å². The van der Waals surface area contributed by atoms with Gasteiger partial charge in [0, 0.05) is 28.3 Å². The number of hydrogen-bond acceptors (Lipinski definition) is 3. The zero-order chi connectivity index (χ0) is 36.0. The average Bonchev–Trinajstić information content (AvgIpc) is 3.51. The molecular formula is C48H47N3. The van der Waals surface area contributed by atoms with E-state index in [1.54, 1.807) is 6.08 Å². The highest BCUT2D eigenvalue weighted by Gasteiger charge is 2.37. The van der Waals surface area contributed by atoms with Crippen LogP contribution in [0.25, 0.3) is 11.1 Å². The van der Waals surface area contributed by atoms with Gasteiger partial charge in [-0.05, 0) is 122 Å². The first-order valence-electron chi connectivity index (χ1n) is 18.0. The summed E-state index contributed by atoms with van der Waals surface area (Å²) in [5.41, 5.74) is 13.8. The van der Waals surface area contributed by atoms with Gasteiger partial charge < -0.3 is 9.80 Å². The van der Waals surface area contributed by atoms with Crippen molar-refractivity contribution in [3.63, 3.8) is 0 Å². The predicted molar refractivity (Wildman–Crippen MR) is 218 cm³/mol. The summed E-state index contributed by atoms with van der Waals surface area (Å²) in [5.74, 6) is 0. The van der Waals surface area contributed by atoms with Crippen LogP contribution in [0.15, 0.2) is 175 Å². The molecule has 0 saturated carbocycles. The Morgan fingerprint density at radius 1 is 0.902 bits per heavy atom. The lowest BCUT2D eigenvalue weighted by Gasteiger charge is -2.43. The maximum absolute atomic E-state index is 9.36. The van der Waals surface area contributed by atoms with Gasteiger partial charge in [0.1, 0.15) is 0 Å². The Morgan fingerprint density at radius 2 is 1.61 bits per heavy atom. The topological polar surface area (TPSA) is 30.3 Å². The second-order valence-electron chi connectivity index (χ2n) is 13.2. The largest absolute Gasteiger partial charge is 0.333 e. The molecule has 0 N–H and O–H groups in total. The molecule has 4 aromatic carbocycles. The molecule has 7 rings (SSSR count). The Balaban J connectivity index is 0.00000220. The highest BCUT2D eigenvalue weighted by molar-refractivity contribution is 5.95. The van der Waals surface area contributed by atoms with Crippen molar-refractivity contribution in [1.29, 1.82) is 5.26 Å². The lowest BCUT2D eigenvalue weighted by Crippen LogP contribution is -2.42. The Bertz CT molecular complexity index is 2140. The summed E-state index contributed by atoms with van der Waals surface area (Å²) in [7, 11) is 0. The van der Waals surface area contributed by atoms with Crippen molar-refractivity contribution in [2.24, 2.45) is 0 Å². The molecule has 3 nitrogen and oxygen atoms in total. The first-order chi connectivity index (χ1) is 24.9. The van der Waals surface area contributed by atoms with Crippen LogP contribution in [-0.4, -0.2) is 11.6 Å². The SMILES string of the molecule is C=C/C(C#N)=C\C=C(/C)c1ccc2c(c1)C1=CC(C3=CCC(C)(N(c4ccccc4)c4ccccc4C)C=C3)=CCC1N2c1ccccc1.CC. The van der Waals surface area contributed by atoms with Crippen LogP contribution in [0.4, 0.5) is 22.7 Å². The van der Waals surface area contributed by atoms with E-state index < -0.39 is 0 Å². The molecule has 0 amide bonds. The minimum Gasteiger partial charge on any atom is -0.333 e. The third-order valence-corrected chi connectivity index (χ3v) is 10.0. The molecule has 2 unspecified atom stereocenters. The van der Waals surface area contributed by atoms with Gasteiger partial charge in [-0.25, -0.2) is 0 Å². The van der Waals surface area contributed by atoms with E-state index in [1.165, 1.54) is 50.6 Å². The van der Waals surface area contributed by atoms with Gasteiger partial charge in [0.15, 0.2) is 0 Å². The quantitative estimate of drug-likeness (QED) is 0.139. The van der Waals surface area contributed by atoms with Crippen LogP contribution in [0.2, 0.25) is 0 Å². The fourth-order valence-corrected chi connectivity index (χ4v) is 7.35. The van der Waals surface area contributed by atoms with Gasteiger partial charge in [-0.15, -0.1) is 0 Å². The maximum Gasteiger partial charge on any atom is 0.0991 e. The summed E-state index contributed by atoms with van der Waals surface area (Å²) in [6.45, 7) is 14.4. The van der Waals surface area contributed by atoms with Gasteiger partial charge >= 0.3 is 0 Å². The van der Waals surface area contributed by atoms with E-state index in [1.807, 2.05) is 26.0 Å². The van der Waals surface area contributed by atoms with Gasteiger partial charge in [-0.2, -0.15) is 5.26 Å². The predicted octanol–water partition coefficient (Wildman–Crippen LogP) is 12.8. The second-order valence-corrected chi connectivity index (χ2v) is 13.2. The van der Waals surface area contributed by atoms with Crippen LogP contribution >= 0.6 is 0 Å². The van der Waals surface area contributed by atoms with Crippen LogP contribution in [0, 0.1) is 18.3 Å². The molecule has 0 aromatic heterocycles. The summed E-state index contributed by atoms with van der Waals surface area (Å²) in [4.78, 5) is 4.98. The number of aryl methyl sites for hydroxylation is 1. The standard InChI is InChI=1S/C46H41N3.C2H6/c1-5-35(32-47)21-20-33(2)37-22-24-44-41(30-37)42-31-38(23-25-45(42)48(44)39-15-8-6-9-16-39)36-26-28-46(4,29-27-36)49(40-17-10-7-11-18-40)43-19-13-12-14-34(43)3;1-2/h5-24,26-28,30-31,45H,1,25,29H2,2-4H3;1-2H3/b33-20+,35-21+;. The van der Waals surface area contributed by atoms with E-state index in [2.05, 4.69) is 177 Å². The van der Waals surface area contributed by atoms with Crippen molar-refractivity contribution < 1.29 is 0 Å². The van der Waals surface area contributed by atoms with Crippen LogP contribution < -0.4 is 9.80 Å². The zero-order valence-corrected chi connectivity index (χ0v) is 30.5. The van der Waals surface area contributed by atoms with Crippen LogP contribution in [-0.2, 0) is 0 Å². The van der Waals surface area contributed by atoms with E-state index >= 15 is 0 Å². The lowest BCUT2D eigenvalue weighted by molar-refractivity contribution is 0.567. The number of para-hydroxylation sites is 3. The van der Waals surface area contributed by atoms with Crippen molar-refractivity contribution >= 4 is 33.9 Å². The molecule has 2 atom stereocenters. The molecule has 0 bridgehead atoms. The van der Waals surface area contributed by atoms with Crippen molar-refractivity contribution in [3.05, 3.63) is 192 Å². The average molecular weight is 666 g/mol. The molecule has 0 saturated heterocycles. The van der Waals surface area contributed by atoms with E-state index in [4.69, 9.17) is 0 Å². The zero-order valence-electron chi connectivity index (χ0n) is 30.5. The molecule has 3 aliphatic rings. The number of allylic oxidation sites excluding steroid dienone is 9. The number of benzene rings is 4. The smallest absolute Gasteiger partial charge is 0.0991 e. The molecule has 1 aliphatic heterocycles. The minimum absolute atomic E-state index is 0.222. The van der Waals surface area contributed by atoms with E-state index in [0.717, 1.165) is 24.0 Å². The minimum atomic E-state index is -0.226. The first kappa shape index (κ1) is 35.0. The molecule has 4 aromatic rings. The fourth-order valence-electron chi connectivity index (χ4n) is 7.35. The Morgan fingerprint density at radius 3 is 2.27 bits per heavy atom. The molecule has 0 fully saturated rings. The number of nitriles is 1. The monoisotopic (exact) mass is 665 g/mol.